The second-order valence-corrected chi connectivity index (χ2v) is 4.29. The van der Waals surface area contributed by atoms with Crippen molar-refractivity contribution >= 4 is 10.1 Å². The van der Waals surface area contributed by atoms with Crippen molar-refractivity contribution in [1.29, 1.82) is 0 Å². The zero-order valence-electron chi connectivity index (χ0n) is 6.73. The molecule has 0 amide bonds. The van der Waals surface area contributed by atoms with E-state index in [0.29, 0.717) is 19.8 Å². The third-order valence-corrected chi connectivity index (χ3v) is 2.96. The highest BCUT2D eigenvalue weighted by molar-refractivity contribution is 7.86. The Balaban J connectivity index is 2.57. The number of hydrogen-bond donors (Lipinski definition) is 2. The minimum atomic E-state index is -3.97. The molecular weight excluding hydrogens is 184 g/mol. The van der Waals surface area contributed by atoms with E-state index in [-0.39, 0.29) is 0 Å². The molecule has 1 unspecified atom stereocenters. The van der Waals surface area contributed by atoms with E-state index in [2.05, 4.69) is 5.48 Å². The second kappa shape index (κ2) is 3.67. The van der Waals surface area contributed by atoms with E-state index in [9.17, 15) is 8.42 Å². The minimum Gasteiger partial charge on any atom is -0.299 e. The standard InChI is InChI=1S/C5H12N2O4S/c1-5(12(8,9)10)7-2-3-11-6-4-7/h5-6H,2-4H2,1H3,(H,8,9,10). The fraction of sp³-hybridized carbons (Fsp3) is 1.00. The highest BCUT2D eigenvalue weighted by Gasteiger charge is 2.26. The summed E-state index contributed by atoms with van der Waals surface area (Å²) in [5.74, 6) is 0. The molecule has 1 aliphatic rings. The number of hydrogen-bond acceptors (Lipinski definition) is 5. The molecule has 0 bridgehead atoms. The van der Waals surface area contributed by atoms with Crippen LogP contribution in [-0.2, 0) is 15.0 Å². The van der Waals surface area contributed by atoms with E-state index >= 15 is 0 Å². The monoisotopic (exact) mass is 196 g/mol. The van der Waals surface area contributed by atoms with Gasteiger partial charge in [-0.25, -0.2) is 0 Å². The summed E-state index contributed by atoms with van der Waals surface area (Å²) in [6.07, 6.45) is 0. The summed E-state index contributed by atoms with van der Waals surface area (Å²) in [7, 11) is -3.97. The number of hydroxylamine groups is 1. The molecule has 0 radical (unpaired) electrons. The molecule has 0 saturated carbocycles. The maximum atomic E-state index is 10.7. The summed E-state index contributed by atoms with van der Waals surface area (Å²) in [4.78, 5) is 6.36. The normalized spacial score (nSPS) is 23.8. The summed E-state index contributed by atoms with van der Waals surface area (Å²) in [5.41, 5.74) is 2.54. The van der Waals surface area contributed by atoms with Crippen LogP contribution >= 0.6 is 0 Å². The Labute approximate surface area is 71.2 Å². The lowest BCUT2D eigenvalue weighted by atomic mass is 10.5. The molecule has 6 nitrogen and oxygen atoms in total. The van der Waals surface area contributed by atoms with Crippen LogP contribution in [0.2, 0.25) is 0 Å². The van der Waals surface area contributed by atoms with Crippen molar-refractivity contribution in [3.05, 3.63) is 0 Å². The first kappa shape index (κ1) is 9.87. The molecule has 12 heavy (non-hydrogen) atoms. The van der Waals surface area contributed by atoms with E-state index in [1.807, 2.05) is 0 Å². The van der Waals surface area contributed by atoms with Gasteiger partial charge >= 0.3 is 0 Å². The Morgan fingerprint density at radius 3 is 2.75 bits per heavy atom. The number of rotatable bonds is 2. The van der Waals surface area contributed by atoms with Gasteiger partial charge < -0.3 is 0 Å². The molecule has 1 heterocycles. The molecule has 72 valence electrons. The first-order chi connectivity index (χ1) is 5.52. The van der Waals surface area contributed by atoms with Gasteiger partial charge in [0.25, 0.3) is 10.1 Å². The van der Waals surface area contributed by atoms with E-state index in [1.165, 1.54) is 6.92 Å². The first-order valence-electron chi connectivity index (χ1n) is 3.57. The van der Waals surface area contributed by atoms with Crippen LogP contribution in [0.3, 0.4) is 0 Å². The Hall–Kier alpha value is -0.210. The molecule has 1 fully saturated rings. The lowest BCUT2D eigenvalue weighted by Gasteiger charge is -2.30. The average molecular weight is 196 g/mol. The van der Waals surface area contributed by atoms with Gasteiger partial charge in [0, 0.05) is 6.54 Å². The molecule has 0 aromatic rings. The zero-order chi connectivity index (χ0) is 9.19. The van der Waals surface area contributed by atoms with E-state index in [0.717, 1.165) is 0 Å². The van der Waals surface area contributed by atoms with Crippen LogP contribution < -0.4 is 5.48 Å². The van der Waals surface area contributed by atoms with Gasteiger partial charge in [0.1, 0.15) is 5.37 Å². The predicted octanol–water partition coefficient (Wildman–Crippen LogP) is -0.985. The van der Waals surface area contributed by atoms with Crippen LogP contribution in [0, 0.1) is 0 Å². The van der Waals surface area contributed by atoms with Gasteiger partial charge in [-0.2, -0.15) is 13.9 Å². The van der Waals surface area contributed by atoms with E-state index < -0.39 is 15.5 Å². The minimum absolute atomic E-state index is 0.307. The Bertz CT molecular complexity index is 234. The van der Waals surface area contributed by atoms with Gasteiger partial charge in [-0.3, -0.25) is 14.3 Å². The van der Waals surface area contributed by atoms with Gasteiger partial charge in [-0.1, -0.05) is 0 Å². The van der Waals surface area contributed by atoms with Crippen molar-refractivity contribution in [3.63, 3.8) is 0 Å². The van der Waals surface area contributed by atoms with Gasteiger partial charge in [-0.05, 0) is 6.92 Å². The molecular formula is C5H12N2O4S. The van der Waals surface area contributed by atoms with Crippen molar-refractivity contribution in [3.8, 4) is 0 Å². The van der Waals surface area contributed by atoms with Gasteiger partial charge in [-0.15, -0.1) is 0 Å². The summed E-state index contributed by atoms with van der Waals surface area (Å²) in [5, 5.41) is -0.881. The fourth-order valence-electron chi connectivity index (χ4n) is 0.941. The Morgan fingerprint density at radius 1 is 1.67 bits per heavy atom. The SMILES string of the molecule is CC(N1CCONC1)S(=O)(=O)O. The lowest BCUT2D eigenvalue weighted by Crippen LogP contribution is -2.49. The summed E-state index contributed by atoms with van der Waals surface area (Å²) in [6.45, 7) is 2.65. The lowest BCUT2D eigenvalue weighted by molar-refractivity contribution is -0.0487. The predicted molar refractivity (Wildman–Crippen MR) is 41.7 cm³/mol. The molecule has 0 aliphatic carbocycles. The van der Waals surface area contributed by atoms with Crippen molar-refractivity contribution in [2.24, 2.45) is 0 Å². The molecule has 0 aromatic heterocycles. The molecule has 1 saturated heterocycles. The highest BCUT2D eigenvalue weighted by atomic mass is 32.2. The molecule has 1 atom stereocenters. The summed E-state index contributed by atoms with van der Waals surface area (Å²) in [6, 6.07) is 0. The highest BCUT2D eigenvalue weighted by Crippen LogP contribution is 2.05. The molecule has 0 spiro atoms. The number of nitrogens with one attached hydrogen (secondary N) is 1. The van der Waals surface area contributed by atoms with Crippen molar-refractivity contribution in [2.75, 3.05) is 19.8 Å². The molecule has 1 aliphatic heterocycles. The van der Waals surface area contributed by atoms with Gasteiger partial charge in [0.05, 0.1) is 13.3 Å². The van der Waals surface area contributed by atoms with Crippen molar-refractivity contribution < 1.29 is 17.8 Å². The maximum absolute atomic E-state index is 10.7. The first-order valence-corrected chi connectivity index (χ1v) is 5.07. The Morgan fingerprint density at radius 2 is 2.33 bits per heavy atom. The smallest absolute Gasteiger partial charge is 0.281 e. The zero-order valence-corrected chi connectivity index (χ0v) is 7.54. The maximum Gasteiger partial charge on any atom is 0.281 e. The molecule has 7 heteroatoms. The topological polar surface area (TPSA) is 78.9 Å². The van der Waals surface area contributed by atoms with Crippen LogP contribution in [0.5, 0.6) is 0 Å². The van der Waals surface area contributed by atoms with Crippen LogP contribution in [0.15, 0.2) is 0 Å². The van der Waals surface area contributed by atoms with Crippen LogP contribution in [-0.4, -0.2) is 43.1 Å². The fourth-order valence-corrected chi connectivity index (χ4v) is 1.50. The molecule has 2 N–H and O–H groups in total. The second-order valence-electron chi connectivity index (χ2n) is 2.58. The number of nitrogens with zero attached hydrogens (tertiary/aromatic N) is 1. The third-order valence-electron chi connectivity index (χ3n) is 1.80. The van der Waals surface area contributed by atoms with E-state index in [4.69, 9.17) is 9.39 Å². The quantitative estimate of drug-likeness (QED) is 0.552. The average Bonchev–Trinajstić information content (AvgIpc) is 2.03. The van der Waals surface area contributed by atoms with Crippen LogP contribution in [0.4, 0.5) is 0 Å². The third kappa shape index (κ3) is 2.39. The Kier molecular flexibility index (Phi) is 3.02. The van der Waals surface area contributed by atoms with Gasteiger partial charge in [0.15, 0.2) is 0 Å². The summed E-state index contributed by atoms with van der Waals surface area (Å²) < 4.78 is 30.1. The largest absolute Gasteiger partial charge is 0.299 e. The molecule has 1 rings (SSSR count). The van der Waals surface area contributed by atoms with E-state index in [1.54, 1.807) is 4.90 Å². The van der Waals surface area contributed by atoms with Crippen molar-refractivity contribution in [2.45, 2.75) is 12.3 Å². The van der Waals surface area contributed by atoms with Crippen molar-refractivity contribution in [1.82, 2.24) is 10.4 Å². The van der Waals surface area contributed by atoms with Gasteiger partial charge in [0.2, 0.25) is 0 Å². The van der Waals surface area contributed by atoms with Crippen LogP contribution in [0.25, 0.3) is 0 Å². The summed E-state index contributed by atoms with van der Waals surface area (Å²) >= 11 is 0. The molecule has 0 aromatic carbocycles. The van der Waals surface area contributed by atoms with Crippen LogP contribution in [0.1, 0.15) is 6.92 Å².